The van der Waals surface area contributed by atoms with E-state index in [1.807, 2.05) is 6.92 Å². The number of hydrogen-bond donors (Lipinski definition) is 0. The molecular formula is C16H25NO5S2. The van der Waals surface area contributed by atoms with E-state index >= 15 is 0 Å². The van der Waals surface area contributed by atoms with Crippen molar-refractivity contribution in [2.75, 3.05) is 19.9 Å². The summed E-state index contributed by atoms with van der Waals surface area (Å²) >= 11 is 0. The van der Waals surface area contributed by atoms with Crippen molar-refractivity contribution in [3.05, 3.63) is 29.8 Å². The summed E-state index contributed by atoms with van der Waals surface area (Å²) in [6.07, 6.45) is 4.17. The van der Waals surface area contributed by atoms with E-state index in [1.54, 1.807) is 31.3 Å². The molecule has 0 spiro atoms. The molecular weight excluding hydrogens is 350 g/mol. The highest BCUT2D eigenvalue weighted by Gasteiger charge is 2.29. The summed E-state index contributed by atoms with van der Waals surface area (Å²) in [4.78, 5) is 0.165. The van der Waals surface area contributed by atoms with Gasteiger partial charge in [-0.15, -0.1) is 0 Å². The molecule has 6 nitrogen and oxygen atoms in total. The summed E-state index contributed by atoms with van der Waals surface area (Å²) in [5, 5.41) is 0. The van der Waals surface area contributed by atoms with Gasteiger partial charge in [-0.05, 0) is 50.7 Å². The molecule has 0 N–H and O–H groups in total. The maximum absolute atomic E-state index is 12.2. The Morgan fingerprint density at radius 2 is 1.58 bits per heavy atom. The number of rotatable bonds is 6. The summed E-state index contributed by atoms with van der Waals surface area (Å²) < 4.78 is 54.1. The zero-order chi connectivity index (χ0) is 18.0. The third kappa shape index (κ3) is 5.02. The molecule has 0 aromatic heterocycles. The van der Waals surface area contributed by atoms with Crippen molar-refractivity contribution in [1.29, 1.82) is 0 Å². The number of aryl methyl sites for hydroxylation is 1. The van der Waals surface area contributed by atoms with Crippen LogP contribution in [0.15, 0.2) is 29.2 Å². The Balaban J connectivity index is 1.87. The molecule has 0 atom stereocenters. The summed E-state index contributed by atoms with van der Waals surface area (Å²) in [7, 11) is -5.33. The average Bonchev–Trinajstić information content (AvgIpc) is 2.52. The fourth-order valence-electron chi connectivity index (χ4n) is 2.90. The largest absolute Gasteiger partial charge is 0.296 e. The molecule has 8 heteroatoms. The molecule has 0 heterocycles. The second-order valence-electron chi connectivity index (χ2n) is 6.51. The molecule has 1 aromatic carbocycles. The second kappa shape index (κ2) is 7.51. The summed E-state index contributed by atoms with van der Waals surface area (Å²) in [5.41, 5.74) is 0.988. The quantitative estimate of drug-likeness (QED) is 0.712. The van der Waals surface area contributed by atoms with Crippen molar-refractivity contribution in [2.24, 2.45) is 5.92 Å². The zero-order valence-corrected chi connectivity index (χ0v) is 15.9. The lowest BCUT2D eigenvalue weighted by Gasteiger charge is -2.33. The van der Waals surface area contributed by atoms with Crippen molar-refractivity contribution < 1.29 is 21.0 Å². The van der Waals surface area contributed by atoms with Crippen molar-refractivity contribution in [3.63, 3.8) is 0 Å². The van der Waals surface area contributed by atoms with Crippen molar-refractivity contribution in [2.45, 2.75) is 43.5 Å². The highest BCUT2D eigenvalue weighted by atomic mass is 32.2. The first-order chi connectivity index (χ1) is 11.1. The van der Waals surface area contributed by atoms with E-state index in [0.29, 0.717) is 0 Å². The molecule has 2 rings (SSSR count). The third-order valence-corrected chi connectivity index (χ3v) is 7.26. The number of hydrogen-bond acceptors (Lipinski definition) is 5. The van der Waals surface area contributed by atoms with Gasteiger partial charge in [0.15, 0.2) is 0 Å². The van der Waals surface area contributed by atoms with Crippen LogP contribution in [0.3, 0.4) is 0 Å². The Kier molecular flexibility index (Phi) is 6.06. The highest BCUT2D eigenvalue weighted by molar-refractivity contribution is 7.88. The van der Waals surface area contributed by atoms with E-state index in [0.717, 1.165) is 31.2 Å². The molecule has 24 heavy (non-hydrogen) atoms. The molecule has 1 aliphatic carbocycles. The highest BCUT2D eigenvalue weighted by Crippen LogP contribution is 2.29. The standard InChI is InChI=1S/C16H25NO5S2/c1-13-4-10-16(11-5-13)24(20,21)22-12-14-6-8-15(9-7-14)17(2)23(3,18)19/h4-5,10-11,14-15H,6-9,12H2,1-3H3/t14-,15-. The molecule has 1 aromatic rings. The van der Waals surface area contributed by atoms with E-state index in [1.165, 1.54) is 10.6 Å². The van der Waals surface area contributed by atoms with Gasteiger partial charge in [-0.25, -0.2) is 12.7 Å². The molecule has 0 saturated heterocycles. The second-order valence-corrected chi connectivity index (χ2v) is 10.2. The van der Waals surface area contributed by atoms with E-state index in [4.69, 9.17) is 4.18 Å². The lowest BCUT2D eigenvalue weighted by Crippen LogP contribution is -2.39. The Morgan fingerprint density at radius 3 is 2.08 bits per heavy atom. The molecule has 0 bridgehead atoms. The average molecular weight is 376 g/mol. The van der Waals surface area contributed by atoms with Gasteiger partial charge in [0.2, 0.25) is 10.0 Å². The van der Waals surface area contributed by atoms with Crippen molar-refractivity contribution in [3.8, 4) is 0 Å². The summed E-state index contributed by atoms with van der Waals surface area (Å²) in [5.74, 6) is 0.134. The smallest absolute Gasteiger partial charge is 0.266 e. The molecule has 1 saturated carbocycles. The van der Waals surface area contributed by atoms with Crippen LogP contribution in [0, 0.1) is 12.8 Å². The van der Waals surface area contributed by atoms with Gasteiger partial charge in [0, 0.05) is 13.1 Å². The first-order valence-electron chi connectivity index (χ1n) is 7.98. The van der Waals surface area contributed by atoms with Crippen molar-refractivity contribution in [1.82, 2.24) is 4.31 Å². The number of benzene rings is 1. The number of nitrogens with zero attached hydrogens (tertiary/aromatic N) is 1. The van der Waals surface area contributed by atoms with Crippen LogP contribution in [-0.4, -0.2) is 47.1 Å². The minimum Gasteiger partial charge on any atom is -0.266 e. The lowest BCUT2D eigenvalue weighted by atomic mass is 9.87. The van der Waals surface area contributed by atoms with Gasteiger partial charge < -0.3 is 0 Å². The van der Waals surface area contributed by atoms with Crippen LogP contribution in [0.1, 0.15) is 31.2 Å². The van der Waals surface area contributed by atoms with Crippen LogP contribution in [0.2, 0.25) is 0 Å². The Labute approximate surface area is 145 Å². The fourth-order valence-corrected chi connectivity index (χ4v) is 4.63. The predicted molar refractivity (Wildman–Crippen MR) is 92.7 cm³/mol. The monoisotopic (exact) mass is 375 g/mol. The Morgan fingerprint density at radius 1 is 1.04 bits per heavy atom. The first kappa shape index (κ1) is 19.4. The maximum Gasteiger partial charge on any atom is 0.296 e. The minimum atomic E-state index is -3.74. The van der Waals surface area contributed by atoms with E-state index in [9.17, 15) is 16.8 Å². The molecule has 0 unspecified atom stereocenters. The topological polar surface area (TPSA) is 80.8 Å². The van der Waals surface area contributed by atoms with Crippen LogP contribution in [0.5, 0.6) is 0 Å². The van der Waals surface area contributed by atoms with Crippen LogP contribution in [-0.2, 0) is 24.3 Å². The van der Waals surface area contributed by atoms with Gasteiger partial charge in [0.05, 0.1) is 17.8 Å². The van der Waals surface area contributed by atoms with Crippen LogP contribution >= 0.6 is 0 Å². The van der Waals surface area contributed by atoms with Gasteiger partial charge in [-0.3, -0.25) is 4.18 Å². The molecule has 0 amide bonds. The van der Waals surface area contributed by atoms with Gasteiger partial charge in [-0.2, -0.15) is 8.42 Å². The van der Waals surface area contributed by atoms with Crippen LogP contribution < -0.4 is 0 Å². The van der Waals surface area contributed by atoms with Gasteiger partial charge in [0.1, 0.15) is 0 Å². The van der Waals surface area contributed by atoms with E-state index in [2.05, 4.69) is 0 Å². The Bertz CT molecular complexity index is 748. The molecule has 1 fully saturated rings. The van der Waals surface area contributed by atoms with Crippen molar-refractivity contribution >= 4 is 20.1 Å². The molecule has 0 radical (unpaired) electrons. The van der Waals surface area contributed by atoms with Gasteiger partial charge in [0.25, 0.3) is 10.1 Å². The van der Waals surface area contributed by atoms with E-state index in [-0.39, 0.29) is 23.5 Å². The van der Waals surface area contributed by atoms with Crippen LogP contribution in [0.4, 0.5) is 0 Å². The number of sulfonamides is 1. The normalized spacial score (nSPS) is 22.7. The zero-order valence-electron chi connectivity index (χ0n) is 14.3. The third-order valence-electron chi connectivity index (χ3n) is 4.62. The predicted octanol–water partition coefficient (Wildman–Crippen LogP) is 2.15. The maximum atomic E-state index is 12.2. The first-order valence-corrected chi connectivity index (χ1v) is 11.2. The SMILES string of the molecule is Cc1ccc(S(=O)(=O)OC[C@H]2CC[C@H](N(C)S(C)(=O)=O)CC2)cc1. The Hall–Kier alpha value is -0.960. The van der Waals surface area contributed by atoms with Gasteiger partial charge in [-0.1, -0.05) is 17.7 Å². The summed E-state index contributed by atoms with van der Waals surface area (Å²) in [6.45, 7) is 2.04. The summed E-state index contributed by atoms with van der Waals surface area (Å²) in [6, 6.07) is 6.56. The van der Waals surface area contributed by atoms with Gasteiger partial charge >= 0.3 is 0 Å². The molecule has 1 aliphatic rings. The van der Waals surface area contributed by atoms with Crippen LogP contribution in [0.25, 0.3) is 0 Å². The molecule has 136 valence electrons. The minimum absolute atomic E-state index is 0.00930. The van der Waals surface area contributed by atoms with E-state index < -0.39 is 20.1 Å². The molecule has 0 aliphatic heterocycles. The fraction of sp³-hybridized carbons (Fsp3) is 0.625. The lowest BCUT2D eigenvalue weighted by molar-refractivity contribution is 0.176.